The molecule has 7 nitrogen and oxygen atoms in total. The van der Waals surface area contributed by atoms with Crippen molar-refractivity contribution in [1.82, 2.24) is 14.8 Å². The number of alkyl halides is 3. The minimum atomic E-state index is -4.39. The lowest BCUT2D eigenvalue weighted by Gasteiger charge is -2.37. The van der Waals surface area contributed by atoms with E-state index in [1.54, 1.807) is 14.2 Å². The molecule has 1 aromatic heterocycles. The van der Waals surface area contributed by atoms with Gasteiger partial charge in [-0.15, -0.1) is 0 Å². The molecule has 178 valence electrons. The highest BCUT2D eigenvalue weighted by molar-refractivity contribution is 5.78. The molecule has 0 unspecified atom stereocenters. The molecular weight excluding hydrogens is 437 g/mol. The Bertz CT molecular complexity index is 990. The number of anilines is 1. The quantitative estimate of drug-likeness (QED) is 0.679. The highest BCUT2D eigenvalue weighted by Crippen LogP contribution is 2.33. The van der Waals surface area contributed by atoms with Crippen LogP contribution in [0.4, 0.5) is 19.0 Å². The third kappa shape index (κ3) is 5.16. The van der Waals surface area contributed by atoms with E-state index in [9.17, 15) is 18.0 Å². The van der Waals surface area contributed by atoms with Crippen molar-refractivity contribution in [1.29, 1.82) is 0 Å². The summed E-state index contributed by atoms with van der Waals surface area (Å²) >= 11 is 0. The number of methoxy groups -OCH3 is 2. The van der Waals surface area contributed by atoms with E-state index in [4.69, 9.17) is 9.47 Å². The first kappa shape index (κ1) is 23.2. The van der Waals surface area contributed by atoms with Crippen LogP contribution >= 0.6 is 0 Å². The number of amides is 1. The van der Waals surface area contributed by atoms with Crippen LogP contribution in [0.1, 0.15) is 16.7 Å². The number of hydrogen-bond donors (Lipinski definition) is 0. The van der Waals surface area contributed by atoms with Gasteiger partial charge in [-0.05, 0) is 41.8 Å². The van der Waals surface area contributed by atoms with Crippen molar-refractivity contribution < 1.29 is 27.4 Å². The maximum absolute atomic E-state index is 12.9. The molecule has 0 bridgehead atoms. The normalized spacial score (nSPS) is 17.0. The first-order valence-corrected chi connectivity index (χ1v) is 10.8. The summed E-state index contributed by atoms with van der Waals surface area (Å²) in [7, 11) is 3.20. The zero-order chi connectivity index (χ0) is 23.6. The molecule has 2 aliphatic rings. The summed E-state index contributed by atoms with van der Waals surface area (Å²) in [4.78, 5) is 22.8. The average molecular weight is 464 g/mol. The van der Waals surface area contributed by atoms with E-state index in [0.29, 0.717) is 63.1 Å². The third-order valence-electron chi connectivity index (χ3n) is 6.20. The van der Waals surface area contributed by atoms with Gasteiger partial charge < -0.3 is 19.3 Å². The van der Waals surface area contributed by atoms with E-state index in [1.165, 1.54) is 6.07 Å². The van der Waals surface area contributed by atoms with E-state index in [0.717, 1.165) is 29.8 Å². The topological polar surface area (TPSA) is 58.1 Å². The molecule has 2 aliphatic heterocycles. The molecule has 0 saturated carbocycles. The van der Waals surface area contributed by atoms with Crippen molar-refractivity contribution in [2.24, 2.45) is 0 Å². The SMILES string of the molecule is COc1cc2c(cc1OC)CN(C(=O)CN1CCN(c3ccc(C(F)(F)F)cn3)CC1)CC2. The van der Waals surface area contributed by atoms with Gasteiger partial charge in [-0.25, -0.2) is 4.98 Å². The molecule has 10 heteroatoms. The van der Waals surface area contributed by atoms with Gasteiger partial charge in [0.05, 0.1) is 26.3 Å². The monoisotopic (exact) mass is 464 g/mol. The van der Waals surface area contributed by atoms with Gasteiger partial charge in [-0.1, -0.05) is 0 Å². The second kappa shape index (κ2) is 9.46. The van der Waals surface area contributed by atoms with Crippen LogP contribution in [-0.2, 0) is 23.9 Å². The van der Waals surface area contributed by atoms with Crippen molar-refractivity contribution in [3.63, 3.8) is 0 Å². The second-order valence-electron chi connectivity index (χ2n) is 8.21. The average Bonchev–Trinajstić information content (AvgIpc) is 2.82. The van der Waals surface area contributed by atoms with Crippen LogP contribution in [-0.4, -0.2) is 74.2 Å². The Balaban J connectivity index is 1.31. The van der Waals surface area contributed by atoms with Gasteiger partial charge in [-0.3, -0.25) is 9.69 Å². The molecule has 0 N–H and O–H groups in total. The molecule has 0 aliphatic carbocycles. The molecule has 33 heavy (non-hydrogen) atoms. The third-order valence-corrected chi connectivity index (χ3v) is 6.20. The number of hydrogen-bond acceptors (Lipinski definition) is 6. The molecule has 2 aromatic rings. The van der Waals surface area contributed by atoms with Crippen LogP contribution in [0.5, 0.6) is 11.5 Å². The van der Waals surface area contributed by atoms with Crippen LogP contribution in [0, 0.1) is 0 Å². The predicted octanol–water partition coefficient (Wildman–Crippen LogP) is 2.82. The minimum absolute atomic E-state index is 0.0662. The fourth-order valence-electron chi connectivity index (χ4n) is 4.26. The van der Waals surface area contributed by atoms with E-state index in [2.05, 4.69) is 9.88 Å². The fourth-order valence-corrected chi connectivity index (χ4v) is 4.26. The standard InChI is InChI=1S/C23H27F3N4O3/c1-32-19-11-16-5-6-30(14-17(16)12-20(19)33-2)22(31)15-28-7-9-29(10-8-28)21-4-3-18(13-27-21)23(24,25)26/h3-4,11-13H,5-10,14-15H2,1-2H3. The number of rotatable bonds is 5. The summed E-state index contributed by atoms with van der Waals surface area (Å²) in [5, 5.41) is 0. The van der Waals surface area contributed by atoms with Gasteiger partial charge >= 0.3 is 6.18 Å². The van der Waals surface area contributed by atoms with Gasteiger partial charge in [0.1, 0.15) is 5.82 Å². The molecule has 0 spiro atoms. The first-order chi connectivity index (χ1) is 15.8. The summed E-state index contributed by atoms with van der Waals surface area (Å²) < 4.78 is 49.0. The number of pyridine rings is 1. The van der Waals surface area contributed by atoms with Gasteiger partial charge in [0.25, 0.3) is 0 Å². The van der Waals surface area contributed by atoms with Crippen LogP contribution in [0.2, 0.25) is 0 Å². The Hall–Kier alpha value is -3.01. The molecule has 0 atom stereocenters. The summed E-state index contributed by atoms with van der Waals surface area (Å²) in [5.41, 5.74) is 1.47. The maximum Gasteiger partial charge on any atom is 0.417 e. The summed E-state index contributed by atoms with van der Waals surface area (Å²) in [6, 6.07) is 6.36. The summed E-state index contributed by atoms with van der Waals surface area (Å²) in [6.07, 6.45) is -2.77. The number of carbonyl (C=O) groups excluding carboxylic acids is 1. The number of aromatic nitrogens is 1. The Morgan fingerprint density at radius 3 is 2.24 bits per heavy atom. The van der Waals surface area contributed by atoms with E-state index >= 15 is 0 Å². The largest absolute Gasteiger partial charge is 0.493 e. The van der Waals surface area contributed by atoms with Crippen LogP contribution in [0.15, 0.2) is 30.5 Å². The van der Waals surface area contributed by atoms with Gasteiger partial charge in [-0.2, -0.15) is 13.2 Å². The Morgan fingerprint density at radius 1 is 1.00 bits per heavy atom. The fraction of sp³-hybridized carbons (Fsp3) is 0.478. The summed E-state index contributed by atoms with van der Waals surface area (Å²) in [6.45, 7) is 3.99. The van der Waals surface area contributed by atoms with E-state index < -0.39 is 11.7 Å². The van der Waals surface area contributed by atoms with Crippen molar-refractivity contribution >= 4 is 11.7 Å². The van der Waals surface area contributed by atoms with Gasteiger partial charge in [0.15, 0.2) is 11.5 Å². The maximum atomic E-state index is 12.9. The molecule has 0 radical (unpaired) electrons. The number of halogens is 3. The van der Waals surface area contributed by atoms with Crippen molar-refractivity contribution in [2.75, 3.05) is 58.4 Å². The highest BCUT2D eigenvalue weighted by Gasteiger charge is 2.31. The summed E-state index contributed by atoms with van der Waals surface area (Å²) in [5.74, 6) is 1.93. The van der Waals surface area contributed by atoms with E-state index in [1.807, 2.05) is 21.9 Å². The van der Waals surface area contributed by atoms with Crippen LogP contribution in [0.3, 0.4) is 0 Å². The predicted molar refractivity (Wildman–Crippen MR) is 117 cm³/mol. The van der Waals surface area contributed by atoms with Crippen molar-refractivity contribution in [2.45, 2.75) is 19.1 Å². The lowest BCUT2D eigenvalue weighted by molar-refractivity contribution is -0.137. The lowest BCUT2D eigenvalue weighted by Crippen LogP contribution is -2.50. The highest BCUT2D eigenvalue weighted by atomic mass is 19.4. The lowest BCUT2D eigenvalue weighted by atomic mass is 9.98. The number of ether oxygens (including phenoxy) is 2. The smallest absolute Gasteiger partial charge is 0.417 e. The molecule has 1 saturated heterocycles. The van der Waals surface area contributed by atoms with Gasteiger partial charge in [0, 0.05) is 45.5 Å². The number of fused-ring (bicyclic) bond motifs is 1. The molecule has 1 fully saturated rings. The Morgan fingerprint density at radius 2 is 1.67 bits per heavy atom. The number of carbonyl (C=O) groups is 1. The Kier molecular flexibility index (Phi) is 6.64. The van der Waals surface area contributed by atoms with E-state index in [-0.39, 0.29) is 5.91 Å². The second-order valence-corrected chi connectivity index (χ2v) is 8.21. The van der Waals surface area contributed by atoms with Crippen LogP contribution < -0.4 is 14.4 Å². The minimum Gasteiger partial charge on any atom is -0.493 e. The number of piperazine rings is 1. The first-order valence-electron chi connectivity index (χ1n) is 10.8. The van der Waals surface area contributed by atoms with Crippen molar-refractivity contribution in [3.05, 3.63) is 47.2 Å². The zero-order valence-corrected chi connectivity index (χ0v) is 18.7. The van der Waals surface area contributed by atoms with Crippen LogP contribution in [0.25, 0.3) is 0 Å². The molecule has 1 aromatic carbocycles. The number of nitrogens with zero attached hydrogens (tertiary/aromatic N) is 4. The van der Waals surface area contributed by atoms with Crippen molar-refractivity contribution in [3.8, 4) is 11.5 Å². The molecule has 1 amide bonds. The molecule has 3 heterocycles. The molecule has 4 rings (SSSR count). The number of benzene rings is 1. The molecular formula is C23H27F3N4O3. The zero-order valence-electron chi connectivity index (χ0n) is 18.7. The Labute approximate surface area is 190 Å². The van der Waals surface area contributed by atoms with Gasteiger partial charge in [0.2, 0.25) is 5.91 Å².